The number of anilines is 1. The van der Waals surface area contributed by atoms with Gasteiger partial charge in [0.05, 0.1) is 12.1 Å². The van der Waals surface area contributed by atoms with Crippen molar-refractivity contribution in [3.63, 3.8) is 0 Å². The number of carbonyl (C=O) groups excluding carboxylic acids is 1. The minimum absolute atomic E-state index is 0.116. The Labute approximate surface area is 163 Å². The third-order valence-electron chi connectivity index (χ3n) is 4.55. The quantitative estimate of drug-likeness (QED) is 0.614. The molecule has 1 aromatic carbocycles. The smallest absolute Gasteiger partial charge is 0.224 e. The van der Waals surface area contributed by atoms with Crippen molar-refractivity contribution < 1.29 is 9.18 Å². The van der Waals surface area contributed by atoms with Crippen molar-refractivity contribution in [3.05, 3.63) is 64.7 Å². The van der Waals surface area contributed by atoms with Crippen molar-refractivity contribution in [2.24, 2.45) is 0 Å². The second-order valence-corrected chi connectivity index (χ2v) is 6.56. The van der Waals surface area contributed by atoms with E-state index in [4.69, 9.17) is 0 Å². The molecule has 0 spiro atoms. The molecule has 3 aromatic rings. The maximum atomic E-state index is 12.9. The van der Waals surface area contributed by atoms with Gasteiger partial charge in [-0.15, -0.1) is 10.2 Å². The second kappa shape index (κ2) is 8.60. The number of rotatable bonds is 7. The molecule has 0 radical (unpaired) electrons. The summed E-state index contributed by atoms with van der Waals surface area (Å²) < 4.78 is 14.6. The van der Waals surface area contributed by atoms with Gasteiger partial charge in [-0.25, -0.2) is 9.07 Å². The van der Waals surface area contributed by atoms with Gasteiger partial charge in [-0.1, -0.05) is 12.1 Å². The van der Waals surface area contributed by atoms with Crippen molar-refractivity contribution in [1.82, 2.24) is 25.3 Å². The summed E-state index contributed by atoms with van der Waals surface area (Å²) >= 11 is 0. The maximum absolute atomic E-state index is 12.9. The van der Waals surface area contributed by atoms with E-state index < -0.39 is 0 Å². The Hall–Kier alpha value is -3.29. The van der Waals surface area contributed by atoms with E-state index in [0.717, 1.165) is 22.5 Å². The zero-order valence-corrected chi connectivity index (χ0v) is 16.2. The van der Waals surface area contributed by atoms with Gasteiger partial charge in [0.2, 0.25) is 5.91 Å². The van der Waals surface area contributed by atoms with E-state index in [1.807, 2.05) is 32.9 Å². The molecule has 0 atom stereocenters. The first-order valence-corrected chi connectivity index (χ1v) is 9.06. The van der Waals surface area contributed by atoms with E-state index in [2.05, 4.69) is 25.9 Å². The average molecular weight is 382 g/mol. The van der Waals surface area contributed by atoms with Gasteiger partial charge in [-0.05, 0) is 56.2 Å². The molecule has 0 aliphatic rings. The molecule has 0 aliphatic heterocycles. The summed E-state index contributed by atoms with van der Waals surface area (Å²) in [5.74, 6) is 0.852. The van der Waals surface area contributed by atoms with Crippen molar-refractivity contribution >= 4 is 11.7 Å². The van der Waals surface area contributed by atoms with Gasteiger partial charge in [-0.3, -0.25) is 4.79 Å². The number of aryl methyl sites for hydroxylation is 1. The minimum Gasteiger partial charge on any atom is -0.367 e. The molecular formula is C20H23FN6O. The summed E-state index contributed by atoms with van der Waals surface area (Å²) in [6.07, 6.45) is 0.219. The molecule has 2 heterocycles. The molecule has 7 nitrogen and oxygen atoms in total. The summed E-state index contributed by atoms with van der Waals surface area (Å²) in [4.78, 5) is 11.9. The van der Waals surface area contributed by atoms with Crippen LogP contribution in [0.2, 0.25) is 0 Å². The molecular weight excluding hydrogens is 359 g/mol. The maximum Gasteiger partial charge on any atom is 0.224 e. The highest BCUT2D eigenvalue weighted by Gasteiger charge is 2.10. The van der Waals surface area contributed by atoms with Gasteiger partial charge in [0.1, 0.15) is 11.6 Å². The molecule has 0 saturated carbocycles. The number of hydrogen-bond acceptors (Lipinski definition) is 5. The molecule has 0 bridgehead atoms. The lowest BCUT2D eigenvalue weighted by Crippen LogP contribution is -2.30. The second-order valence-electron chi connectivity index (χ2n) is 6.56. The Morgan fingerprint density at radius 2 is 1.79 bits per heavy atom. The average Bonchev–Trinajstić information content (AvgIpc) is 2.95. The lowest BCUT2D eigenvalue weighted by atomic mass is 10.1. The monoisotopic (exact) mass is 382 g/mol. The number of nitrogens with zero attached hydrogens (tertiary/aromatic N) is 4. The molecule has 3 rings (SSSR count). The molecule has 0 fully saturated rings. The fourth-order valence-corrected chi connectivity index (χ4v) is 2.72. The first-order valence-electron chi connectivity index (χ1n) is 9.06. The molecule has 0 aliphatic carbocycles. The highest BCUT2D eigenvalue weighted by molar-refractivity contribution is 5.78. The van der Waals surface area contributed by atoms with E-state index >= 15 is 0 Å². The molecule has 0 saturated heterocycles. The molecule has 8 heteroatoms. The summed E-state index contributed by atoms with van der Waals surface area (Å²) in [7, 11) is 0. The van der Waals surface area contributed by atoms with Gasteiger partial charge in [0, 0.05) is 18.8 Å². The lowest BCUT2D eigenvalue weighted by Gasteiger charge is -2.08. The standard InChI is InChI=1S/C20H23FN6O/c1-13-14(2)26-27(15(13)3)19-9-8-18(24-25-19)22-10-11-23-20(28)12-16-4-6-17(21)7-5-16/h4-9H,10-12H2,1-3H3,(H,22,24)(H,23,28). The predicted molar refractivity (Wildman–Crippen MR) is 105 cm³/mol. The summed E-state index contributed by atoms with van der Waals surface area (Å²) in [5.41, 5.74) is 3.92. The van der Waals surface area contributed by atoms with E-state index in [1.165, 1.54) is 12.1 Å². The molecule has 146 valence electrons. The van der Waals surface area contributed by atoms with Crippen LogP contribution in [0.15, 0.2) is 36.4 Å². The highest BCUT2D eigenvalue weighted by atomic mass is 19.1. The van der Waals surface area contributed by atoms with Gasteiger partial charge >= 0.3 is 0 Å². The van der Waals surface area contributed by atoms with Gasteiger partial charge in [0.25, 0.3) is 0 Å². The predicted octanol–water partition coefficient (Wildman–Crippen LogP) is 2.50. The number of nitrogens with one attached hydrogen (secondary N) is 2. The van der Waals surface area contributed by atoms with E-state index in [0.29, 0.717) is 24.7 Å². The van der Waals surface area contributed by atoms with E-state index in [9.17, 15) is 9.18 Å². The number of hydrogen-bond donors (Lipinski definition) is 2. The Morgan fingerprint density at radius 1 is 1.04 bits per heavy atom. The van der Waals surface area contributed by atoms with Crippen LogP contribution >= 0.6 is 0 Å². The summed E-state index contributed by atoms with van der Waals surface area (Å²) in [6.45, 7) is 6.95. The number of benzene rings is 1. The Balaban J connectivity index is 1.45. The van der Waals surface area contributed by atoms with E-state index in [-0.39, 0.29) is 18.1 Å². The van der Waals surface area contributed by atoms with Gasteiger partial charge < -0.3 is 10.6 Å². The Kier molecular flexibility index (Phi) is 5.98. The van der Waals surface area contributed by atoms with Crippen LogP contribution in [0.5, 0.6) is 0 Å². The fraction of sp³-hybridized carbons (Fsp3) is 0.300. The largest absolute Gasteiger partial charge is 0.367 e. The molecule has 1 amide bonds. The third-order valence-corrected chi connectivity index (χ3v) is 4.55. The van der Waals surface area contributed by atoms with Gasteiger partial charge in [-0.2, -0.15) is 5.10 Å². The van der Waals surface area contributed by atoms with Crippen LogP contribution in [0.3, 0.4) is 0 Å². The SMILES string of the molecule is Cc1nn(-c2ccc(NCCNC(=O)Cc3ccc(F)cc3)nn2)c(C)c1C. The Bertz CT molecular complexity index is 950. The fourth-order valence-electron chi connectivity index (χ4n) is 2.72. The summed E-state index contributed by atoms with van der Waals surface area (Å²) in [5, 5.41) is 18.8. The van der Waals surface area contributed by atoms with Crippen LogP contribution < -0.4 is 10.6 Å². The third kappa shape index (κ3) is 4.70. The first kappa shape index (κ1) is 19.5. The molecule has 28 heavy (non-hydrogen) atoms. The summed E-state index contributed by atoms with van der Waals surface area (Å²) in [6, 6.07) is 9.58. The van der Waals surface area contributed by atoms with Crippen molar-refractivity contribution in [1.29, 1.82) is 0 Å². The van der Waals surface area contributed by atoms with Crippen molar-refractivity contribution in [2.45, 2.75) is 27.2 Å². The lowest BCUT2D eigenvalue weighted by molar-refractivity contribution is -0.120. The van der Waals surface area contributed by atoms with Crippen LogP contribution in [0.25, 0.3) is 5.82 Å². The molecule has 2 aromatic heterocycles. The van der Waals surface area contributed by atoms with Crippen molar-refractivity contribution in [2.75, 3.05) is 18.4 Å². The highest BCUT2D eigenvalue weighted by Crippen LogP contribution is 2.15. The van der Waals surface area contributed by atoms with Crippen LogP contribution in [0.4, 0.5) is 10.2 Å². The topological polar surface area (TPSA) is 84.7 Å². The number of carbonyl (C=O) groups is 1. The normalized spacial score (nSPS) is 10.7. The number of amides is 1. The van der Waals surface area contributed by atoms with Crippen LogP contribution in [-0.4, -0.2) is 39.0 Å². The zero-order chi connectivity index (χ0) is 20.1. The number of aromatic nitrogens is 4. The molecule has 2 N–H and O–H groups in total. The first-order chi connectivity index (χ1) is 13.4. The van der Waals surface area contributed by atoms with E-state index in [1.54, 1.807) is 16.8 Å². The minimum atomic E-state index is -0.312. The van der Waals surface area contributed by atoms with Gasteiger partial charge in [0.15, 0.2) is 5.82 Å². The Morgan fingerprint density at radius 3 is 2.39 bits per heavy atom. The van der Waals surface area contributed by atoms with Crippen LogP contribution in [-0.2, 0) is 11.2 Å². The number of halogens is 1. The zero-order valence-electron chi connectivity index (χ0n) is 16.2. The van der Waals surface area contributed by atoms with Crippen LogP contribution in [0, 0.1) is 26.6 Å². The molecule has 0 unspecified atom stereocenters. The van der Waals surface area contributed by atoms with Crippen LogP contribution in [0.1, 0.15) is 22.5 Å². The van der Waals surface area contributed by atoms with Crippen molar-refractivity contribution in [3.8, 4) is 5.82 Å².